The maximum absolute atomic E-state index is 11.3. The number of nitrogens with zero attached hydrogens (tertiary/aromatic N) is 1. The van der Waals surface area contributed by atoms with Crippen LogP contribution in [0.25, 0.3) is 0 Å². The summed E-state index contributed by atoms with van der Waals surface area (Å²) in [4.78, 5) is 15.1. The Bertz CT molecular complexity index is 329. The van der Waals surface area contributed by atoms with Crippen molar-refractivity contribution in [3.63, 3.8) is 0 Å². The van der Waals surface area contributed by atoms with Gasteiger partial charge >= 0.3 is 0 Å². The molecule has 0 fully saturated rings. The number of hydrogen-bond acceptors (Lipinski definition) is 4. The molecule has 1 aromatic heterocycles. The lowest BCUT2D eigenvalue weighted by Gasteiger charge is -2.00. The first-order valence-corrected chi connectivity index (χ1v) is 6.70. The summed E-state index contributed by atoms with van der Waals surface area (Å²) in [6, 6.07) is 0. The Hall–Kier alpha value is 0.0300. The Kier molecular flexibility index (Phi) is 5.01. The second-order valence-electron chi connectivity index (χ2n) is 2.38. The van der Waals surface area contributed by atoms with Gasteiger partial charge in [0, 0.05) is 12.2 Å². The zero-order valence-electron chi connectivity index (χ0n) is 7.34. The Morgan fingerprint density at radius 1 is 1.64 bits per heavy atom. The van der Waals surface area contributed by atoms with Crippen LogP contribution < -0.4 is 5.32 Å². The fraction of sp³-hybridized carbons (Fsp3) is 0.429. The van der Waals surface area contributed by atoms with Crippen molar-refractivity contribution >= 4 is 57.2 Å². The van der Waals surface area contributed by atoms with Gasteiger partial charge in [0.05, 0.1) is 0 Å². The minimum absolute atomic E-state index is 0.0680. The number of amides is 1. The largest absolute Gasteiger partial charge is 0.315 e. The topological polar surface area (TPSA) is 42.0 Å². The Morgan fingerprint density at radius 2 is 2.36 bits per heavy atom. The number of anilines is 1. The Balaban J connectivity index is 2.51. The first kappa shape index (κ1) is 12.1. The van der Waals surface area contributed by atoms with Crippen LogP contribution in [0.1, 0.15) is 6.42 Å². The van der Waals surface area contributed by atoms with Gasteiger partial charge in [-0.05, 0) is 6.26 Å². The molecular formula is C7H8Cl2N2OS2. The minimum Gasteiger partial charge on any atom is -0.315 e. The molecule has 78 valence electrons. The highest BCUT2D eigenvalue weighted by Gasteiger charge is 2.10. The molecule has 3 nitrogen and oxygen atoms in total. The number of hydrogen-bond donors (Lipinski definition) is 1. The lowest BCUT2D eigenvalue weighted by Crippen LogP contribution is -2.11. The van der Waals surface area contributed by atoms with Gasteiger partial charge in [0.15, 0.2) is 9.62 Å². The van der Waals surface area contributed by atoms with E-state index in [0.29, 0.717) is 15.9 Å². The molecule has 0 aliphatic heterocycles. The number of nitrogens with one attached hydrogen (secondary N) is 1. The quantitative estimate of drug-likeness (QED) is 0.914. The molecule has 0 spiro atoms. The van der Waals surface area contributed by atoms with Crippen molar-refractivity contribution in [2.75, 3.05) is 17.3 Å². The molecule has 0 radical (unpaired) electrons. The zero-order valence-corrected chi connectivity index (χ0v) is 10.5. The van der Waals surface area contributed by atoms with E-state index in [0.717, 1.165) is 17.1 Å². The average molecular weight is 271 g/mol. The number of thiazole rings is 1. The monoisotopic (exact) mass is 270 g/mol. The summed E-state index contributed by atoms with van der Waals surface area (Å²) in [5, 5.41) is 3.42. The highest BCUT2D eigenvalue weighted by atomic mass is 35.5. The lowest BCUT2D eigenvalue weighted by molar-refractivity contribution is -0.115. The molecule has 0 bridgehead atoms. The molecule has 0 aliphatic rings. The summed E-state index contributed by atoms with van der Waals surface area (Å²) in [6.45, 7) is 0. The summed E-state index contributed by atoms with van der Waals surface area (Å²) in [6.07, 6.45) is 2.41. The highest BCUT2D eigenvalue weighted by Crippen LogP contribution is 2.31. The Labute approximate surface area is 100 Å². The summed E-state index contributed by atoms with van der Waals surface area (Å²) in [5.41, 5.74) is 0. The molecule has 7 heteroatoms. The first-order chi connectivity index (χ1) is 6.63. The van der Waals surface area contributed by atoms with Crippen molar-refractivity contribution in [2.24, 2.45) is 0 Å². The van der Waals surface area contributed by atoms with E-state index in [2.05, 4.69) is 10.3 Å². The molecule has 0 saturated carbocycles. The molecule has 14 heavy (non-hydrogen) atoms. The van der Waals surface area contributed by atoms with Gasteiger partial charge in [0.2, 0.25) is 5.91 Å². The molecule has 1 aromatic rings. The first-order valence-electron chi connectivity index (χ1n) is 3.74. The third kappa shape index (κ3) is 3.65. The number of carbonyl (C=O) groups is 1. The van der Waals surface area contributed by atoms with Crippen molar-refractivity contribution in [3.8, 4) is 0 Å². The minimum atomic E-state index is -0.0680. The fourth-order valence-electron chi connectivity index (χ4n) is 0.738. The molecule has 1 amide bonds. The van der Waals surface area contributed by atoms with Gasteiger partial charge in [-0.15, -0.1) is 0 Å². The lowest BCUT2D eigenvalue weighted by atomic mass is 10.4. The third-order valence-electron chi connectivity index (χ3n) is 1.35. The fourth-order valence-corrected chi connectivity index (χ4v) is 2.38. The summed E-state index contributed by atoms with van der Waals surface area (Å²) in [5.74, 6) is 0.720. The molecule has 1 heterocycles. The highest BCUT2D eigenvalue weighted by molar-refractivity contribution is 7.98. The van der Waals surface area contributed by atoms with Crippen molar-refractivity contribution < 1.29 is 4.79 Å². The van der Waals surface area contributed by atoms with E-state index in [-0.39, 0.29) is 11.1 Å². The average Bonchev–Trinajstić information content (AvgIpc) is 2.42. The summed E-state index contributed by atoms with van der Waals surface area (Å²) >= 11 is 14.1. The van der Waals surface area contributed by atoms with Gasteiger partial charge < -0.3 is 5.32 Å². The van der Waals surface area contributed by atoms with E-state index in [9.17, 15) is 4.79 Å². The number of rotatable bonds is 4. The van der Waals surface area contributed by atoms with E-state index in [1.807, 2.05) is 6.26 Å². The van der Waals surface area contributed by atoms with Gasteiger partial charge in [-0.3, -0.25) is 4.79 Å². The van der Waals surface area contributed by atoms with E-state index >= 15 is 0 Å². The van der Waals surface area contributed by atoms with Crippen LogP contribution in [0.3, 0.4) is 0 Å². The standard InChI is InChI=1S/C7H8Cl2N2OS2/c1-13-3-2-4(12)10-6-5(8)11-7(9)14-6/h2-3H2,1H3,(H,10,12). The van der Waals surface area contributed by atoms with Crippen LogP contribution in [0.2, 0.25) is 9.62 Å². The van der Waals surface area contributed by atoms with E-state index in [1.54, 1.807) is 11.8 Å². The molecular weight excluding hydrogens is 263 g/mol. The number of thioether (sulfide) groups is 1. The smallest absolute Gasteiger partial charge is 0.225 e. The maximum Gasteiger partial charge on any atom is 0.225 e. The third-order valence-corrected chi connectivity index (χ3v) is 3.42. The molecule has 0 unspecified atom stereocenters. The predicted octanol–water partition coefficient (Wildman–Crippen LogP) is 3.14. The van der Waals surface area contributed by atoms with Gasteiger partial charge in [-0.1, -0.05) is 34.5 Å². The SMILES string of the molecule is CSCCC(=O)Nc1sc(Cl)nc1Cl. The van der Waals surface area contributed by atoms with Gasteiger partial charge in [-0.2, -0.15) is 11.8 Å². The van der Waals surface area contributed by atoms with Crippen molar-refractivity contribution in [3.05, 3.63) is 9.62 Å². The van der Waals surface area contributed by atoms with Crippen LogP contribution in [0.4, 0.5) is 5.00 Å². The van der Waals surface area contributed by atoms with Gasteiger partial charge in [-0.25, -0.2) is 4.98 Å². The molecule has 1 rings (SSSR count). The van der Waals surface area contributed by atoms with Crippen LogP contribution in [-0.2, 0) is 4.79 Å². The molecule has 0 aromatic carbocycles. The van der Waals surface area contributed by atoms with Crippen LogP contribution in [0, 0.1) is 0 Å². The normalized spacial score (nSPS) is 10.2. The molecule has 1 N–H and O–H groups in total. The summed E-state index contributed by atoms with van der Waals surface area (Å²) < 4.78 is 0.329. The van der Waals surface area contributed by atoms with Crippen LogP contribution >= 0.6 is 46.3 Å². The van der Waals surface area contributed by atoms with Crippen molar-refractivity contribution in [1.29, 1.82) is 0 Å². The Morgan fingerprint density at radius 3 is 2.86 bits per heavy atom. The zero-order chi connectivity index (χ0) is 10.6. The van der Waals surface area contributed by atoms with E-state index in [1.165, 1.54) is 0 Å². The predicted molar refractivity (Wildman–Crippen MR) is 63.8 cm³/mol. The number of aromatic nitrogens is 1. The van der Waals surface area contributed by atoms with E-state index in [4.69, 9.17) is 23.2 Å². The van der Waals surface area contributed by atoms with Gasteiger partial charge in [0.1, 0.15) is 5.00 Å². The number of halogens is 2. The van der Waals surface area contributed by atoms with Crippen LogP contribution in [0.5, 0.6) is 0 Å². The second kappa shape index (κ2) is 5.80. The maximum atomic E-state index is 11.3. The molecule has 0 saturated heterocycles. The summed E-state index contributed by atoms with van der Waals surface area (Å²) in [7, 11) is 0. The van der Waals surface area contributed by atoms with E-state index < -0.39 is 0 Å². The molecule has 0 atom stereocenters. The van der Waals surface area contributed by atoms with Crippen LogP contribution in [-0.4, -0.2) is 22.9 Å². The van der Waals surface area contributed by atoms with Crippen molar-refractivity contribution in [2.45, 2.75) is 6.42 Å². The van der Waals surface area contributed by atoms with Crippen LogP contribution in [0.15, 0.2) is 0 Å². The van der Waals surface area contributed by atoms with Gasteiger partial charge in [0.25, 0.3) is 0 Å². The van der Waals surface area contributed by atoms with Crippen molar-refractivity contribution in [1.82, 2.24) is 4.98 Å². The molecule has 0 aliphatic carbocycles. The number of carbonyl (C=O) groups excluding carboxylic acids is 1. The second-order valence-corrected chi connectivity index (χ2v) is 5.30.